The molecule has 0 radical (unpaired) electrons. The molecule has 1 saturated heterocycles. The lowest BCUT2D eigenvalue weighted by Gasteiger charge is -2.37. The Balaban J connectivity index is 1.31. The molecule has 0 bridgehead atoms. The first kappa shape index (κ1) is 18.0. The van der Waals surface area contributed by atoms with Crippen LogP contribution in [0.3, 0.4) is 0 Å². The number of imidazole rings is 1. The van der Waals surface area contributed by atoms with Gasteiger partial charge in [-0.2, -0.15) is 0 Å². The van der Waals surface area contributed by atoms with Crippen LogP contribution in [-0.4, -0.2) is 57.3 Å². The van der Waals surface area contributed by atoms with Crippen LogP contribution in [0.1, 0.15) is 37.7 Å². The zero-order chi connectivity index (χ0) is 18.8. The number of carbonyl (C=O) groups excluding carboxylic acids is 2. The van der Waals surface area contributed by atoms with Crippen molar-refractivity contribution in [1.29, 1.82) is 0 Å². The van der Waals surface area contributed by atoms with E-state index in [9.17, 15) is 9.59 Å². The van der Waals surface area contributed by atoms with Crippen LogP contribution >= 0.6 is 0 Å². The van der Waals surface area contributed by atoms with Crippen molar-refractivity contribution >= 4 is 22.8 Å². The zero-order valence-corrected chi connectivity index (χ0v) is 16.1. The van der Waals surface area contributed by atoms with E-state index >= 15 is 0 Å². The van der Waals surface area contributed by atoms with E-state index in [2.05, 4.69) is 4.98 Å². The Morgan fingerprint density at radius 1 is 1.04 bits per heavy atom. The topological polar surface area (TPSA) is 58.4 Å². The summed E-state index contributed by atoms with van der Waals surface area (Å²) >= 11 is 0. The molecule has 1 aliphatic heterocycles. The predicted molar refractivity (Wildman–Crippen MR) is 104 cm³/mol. The number of aryl methyl sites for hydroxylation is 1. The van der Waals surface area contributed by atoms with Crippen LogP contribution < -0.4 is 0 Å². The maximum absolute atomic E-state index is 12.7. The lowest BCUT2D eigenvalue weighted by atomic mass is 9.88. The molecule has 0 N–H and O–H groups in total. The number of benzene rings is 1. The quantitative estimate of drug-likeness (QED) is 0.836. The van der Waals surface area contributed by atoms with Crippen molar-refractivity contribution in [2.75, 3.05) is 26.2 Å². The number of aromatic nitrogens is 2. The molecule has 4 rings (SSSR count). The molecule has 2 aliphatic rings. The molecule has 27 heavy (non-hydrogen) atoms. The average Bonchev–Trinajstić information content (AvgIpc) is 3.08. The maximum Gasteiger partial charge on any atom is 0.227 e. The molecule has 144 valence electrons. The summed E-state index contributed by atoms with van der Waals surface area (Å²) in [5, 5.41) is 0. The van der Waals surface area contributed by atoms with Crippen molar-refractivity contribution < 1.29 is 9.59 Å². The lowest BCUT2D eigenvalue weighted by molar-refractivity contribution is -0.142. The number of piperazine rings is 1. The third-order valence-electron chi connectivity index (χ3n) is 6.04. The van der Waals surface area contributed by atoms with E-state index in [1.165, 1.54) is 19.3 Å². The third-order valence-corrected chi connectivity index (χ3v) is 6.04. The monoisotopic (exact) mass is 368 g/mol. The second kappa shape index (κ2) is 7.71. The summed E-state index contributed by atoms with van der Waals surface area (Å²) in [6.07, 6.45) is 7.87. The van der Waals surface area contributed by atoms with E-state index in [-0.39, 0.29) is 11.8 Å². The average molecular weight is 368 g/mol. The van der Waals surface area contributed by atoms with Gasteiger partial charge in [-0.25, -0.2) is 4.98 Å². The van der Waals surface area contributed by atoms with Crippen molar-refractivity contribution in [1.82, 2.24) is 19.4 Å². The molecule has 6 heteroatoms. The molecular formula is C21H28N4O2. The van der Waals surface area contributed by atoms with Crippen LogP contribution in [0.15, 0.2) is 24.5 Å². The highest BCUT2D eigenvalue weighted by Gasteiger charge is 2.29. The molecule has 1 aromatic carbocycles. The summed E-state index contributed by atoms with van der Waals surface area (Å²) in [7, 11) is 1.97. The van der Waals surface area contributed by atoms with Gasteiger partial charge < -0.3 is 14.4 Å². The molecule has 0 spiro atoms. The summed E-state index contributed by atoms with van der Waals surface area (Å²) in [6.45, 7) is 2.62. The van der Waals surface area contributed by atoms with Crippen molar-refractivity contribution in [2.45, 2.75) is 38.5 Å². The second-order valence-electron chi connectivity index (χ2n) is 7.90. The van der Waals surface area contributed by atoms with Gasteiger partial charge >= 0.3 is 0 Å². The minimum atomic E-state index is 0.134. The summed E-state index contributed by atoms with van der Waals surface area (Å²) in [4.78, 5) is 33.6. The normalized spacial score (nSPS) is 18.9. The van der Waals surface area contributed by atoms with E-state index in [0.29, 0.717) is 38.5 Å². The maximum atomic E-state index is 12.7. The minimum absolute atomic E-state index is 0.134. The van der Waals surface area contributed by atoms with Gasteiger partial charge in [-0.1, -0.05) is 25.3 Å². The van der Waals surface area contributed by atoms with Gasteiger partial charge in [0.2, 0.25) is 11.8 Å². The van der Waals surface area contributed by atoms with Gasteiger partial charge in [0.15, 0.2) is 0 Å². The number of amides is 2. The molecule has 2 heterocycles. The fourth-order valence-electron chi connectivity index (χ4n) is 4.36. The first-order valence-electron chi connectivity index (χ1n) is 10.1. The Kier molecular flexibility index (Phi) is 5.14. The van der Waals surface area contributed by atoms with Crippen LogP contribution in [0.5, 0.6) is 0 Å². The van der Waals surface area contributed by atoms with Gasteiger partial charge in [0, 0.05) is 39.1 Å². The Labute approximate surface area is 160 Å². The molecule has 0 atom stereocenters. The molecule has 1 aromatic heterocycles. The summed E-state index contributed by atoms with van der Waals surface area (Å²) in [5.41, 5.74) is 2.98. The number of hydrogen-bond acceptors (Lipinski definition) is 3. The Morgan fingerprint density at radius 2 is 1.74 bits per heavy atom. The highest BCUT2D eigenvalue weighted by Crippen LogP contribution is 2.26. The molecule has 1 aliphatic carbocycles. The highest BCUT2D eigenvalue weighted by molar-refractivity contribution is 5.83. The molecule has 2 fully saturated rings. The van der Waals surface area contributed by atoms with Gasteiger partial charge in [0.1, 0.15) is 0 Å². The molecular weight excluding hydrogens is 340 g/mol. The first-order valence-corrected chi connectivity index (χ1v) is 10.1. The van der Waals surface area contributed by atoms with Crippen LogP contribution in [0, 0.1) is 5.92 Å². The number of hydrogen-bond donors (Lipinski definition) is 0. The van der Waals surface area contributed by atoms with Crippen molar-refractivity contribution in [3.63, 3.8) is 0 Å². The smallest absolute Gasteiger partial charge is 0.227 e. The molecule has 2 aromatic rings. The second-order valence-corrected chi connectivity index (χ2v) is 7.90. The lowest BCUT2D eigenvalue weighted by Crippen LogP contribution is -2.52. The number of carbonyl (C=O) groups is 2. The zero-order valence-electron chi connectivity index (χ0n) is 16.1. The van der Waals surface area contributed by atoms with Crippen LogP contribution in [0.4, 0.5) is 0 Å². The largest absolute Gasteiger partial charge is 0.339 e. The van der Waals surface area contributed by atoms with Gasteiger partial charge in [-0.15, -0.1) is 0 Å². The van der Waals surface area contributed by atoms with E-state index in [1.807, 2.05) is 39.6 Å². The summed E-state index contributed by atoms with van der Waals surface area (Å²) in [5.74, 6) is 0.656. The molecule has 1 saturated carbocycles. The summed E-state index contributed by atoms with van der Waals surface area (Å²) < 4.78 is 1.98. The van der Waals surface area contributed by atoms with E-state index in [1.54, 1.807) is 6.33 Å². The molecule has 0 unspecified atom stereocenters. The summed E-state index contributed by atoms with van der Waals surface area (Å²) in [6, 6.07) is 6.02. The predicted octanol–water partition coefficient (Wildman–Crippen LogP) is 2.37. The fourth-order valence-corrected chi connectivity index (χ4v) is 4.36. The first-order chi connectivity index (χ1) is 13.1. The van der Waals surface area contributed by atoms with Gasteiger partial charge in [-0.3, -0.25) is 9.59 Å². The number of nitrogens with zero attached hydrogens (tertiary/aromatic N) is 4. The Morgan fingerprint density at radius 3 is 2.48 bits per heavy atom. The molecule has 2 amide bonds. The van der Waals surface area contributed by atoms with Crippen LogP contribution in [-0.2, 0) is 23.1 Å². The Hall–Kier alpha value is -2.37. The number of fused-ring (bicyclic) bond motifs is 1. The van der Waals surface area contributed by atoms with Crippen molar-refractivity contribution in [2.24, 2.45) is 13.0 Å². The van der Waals surface area contributed by atoms with Crippen molar-refractivity contribution in [3.05, 3.63) is 30.1 Å². The number of rotatable bonds is 3. The van der Waals surface area contributed by atoms with Crippen LogP contribution in [0.2, 0.25) is 0 Å². The third kappa shape index (κ3) is 3.84. The SMILES string of the molecule is Cn1cnc2cc(CC(=O)N3CCN(C(=O)C4CCCCC4)CC3)ccc21. The Bertz CT molecular complexity index is 830. The fraction of sp³-hybridized carbons (Fsp3) is 0.571. The van der Waals surface area contributed by atoms with Crippen LogP contribution in [0.25, 0.3) is 11.0 Å². The van der Waals surface area contributed by atoms with Gasteiger partial charge in [-0.05, 0) is 30.5 Å². The van der Waals surface area contributed by atoms with Crippen molar-refractivity contribution in [3.8, 4) is 0 Å². The van der Waals surface area contributed by atoms with Gasteiger partial charge in [0.05, 0.1) is 23.8 Å². The highest BCUT2D eigenvalue weighted by atomic mass is 16.2. The van der Waals surface area contributed by atoms with E-state index < -0.39 is 0 Å². The standard InChI is InChI=1S/C21H28N4O2/c1-23-15-22-18-13-16(7-8-19(18)23)14-20(26)24-9-11-25(12-10-24)21(27)17-5-3-2-4-6-17/h7-8,13,15,17H,2-6,9-12,14H2,1H3. The van der Waals surface area contributed by atoms with Gasteiger partial charge in [0.25, 0.3) is 0 Å². The van der Waals surface area contributed by atoms with E-state index in [0.717, 1.165) is 29.4 Å². The minimum Gasteiger partial charge on any atom is -0.339 e. The van der Waals surface area contributed by atoms with E-state index in [4.69, 9.17) is 0 Å². The molecule has 6 nitrogen and oxygen atoms in total.